The van der Waals surface area contributed by atoms with Crippen LogP contribution in [0, 0.1) is 28.6 Å². The molecule has 4 fully saturated rings. The molecule has 1 saturated heterocycles. The van der Waals surface area contributed by atoms with Gasteiger partial charge in [0.15, 0.2) is 0 Å². The lowest BCUT2D eigenvalue weighted by Gasteiger charge is -2.61. The first-order valence-electron chi connectivity index (χ1n) is 17.3. The Kier molecular flexibility index (Phi) is 8.11. The van der Waals surface area contributed by atoms with Crippen LogP contribution in [0.3, 0.4) is 0 Å². The van der Waals surface area contributed by atoms with Crippen molar-refractivity contribution in [2.75, 3.05) is 26.2 Å². The predicted octanol–water partition coefficient (Wildman–Crippen LogP) is 7.13. The van der Waals surface area contributed by atoms with Gasteiger partial charge in [0.2, 0.25) is 0 Å². The van der Waals surface area contributed by atoms with Gasteiger partial charge in [-0.05, 0) is 136 Å². The molecule has 1 N–H and O–H groups in total. The highest BCUT2D eigenvalue weighted by molar-refractivity contribution is 5.96. The lowest BCUT2D eigenvalue weighted by atomic mass is 9.45. The number of rotatable bonds is 7. The molecule has 6 atom stereocenters. The first kappa shape index (κ1) is 30.0. The minimum atomic E-state index is -0.682. The third-order valence-electron chi connectivity index (χ3n) is 13.0. The number of nitrogens with zero attached hydrogens (tertiary/aromatic N) is 2. The second-order valence-corrected chi connectivity index (χ2v) is 15.1. The van der Waals surface area contributed by atoms with Crippen LogP contribution in [0.25, 0.3) is 0 Å². The molecule has 0 amide bonds. The number of allylic oxidation sites excluding steroid dienone is 2. The normalized spacial score (nSPS) is 36.8. The SMILES string of the molecule is C[C@]12CCC(=NOCCN3CCC(Cc4ccccc4)CC3)C=C1CC[C@@H]1[C@@H]2CC[C@]2(C)[C@@H](c3ccc(=O)oc3)CC[C@]12O. The molecule has 2 aromatic rings. The highest BCUT2D eigenvalue weighted by atomic mass is 16.6. The maximum absolute atomic E-state index is 12.5. The third-order valence-corrected chi connectivity index (χ3v) is 13.0. The Balaban J connectivity index is 0.941. The van der Waals surface area contributed by atoms with Crippen molar-refractivity contribution >= 4 is 5.71 Å². The number of fused-ring (bicyclic) bond motifs is 5. The molecule has 1 aromatic heterocycles. The molecule has 2 heterocycles. The van der Waals surface area contributed by atoms with Gasteiger partial charge in [-0.15, -0.1) is 0 Å². The second-order valence-electron chi connectivity index (χ2n) is 15.1. The van der Waals surface area contributed by atoms with Crippen LogP contribution in [0.2, 0.25) is 0 Å². The van der Waals surface area contributed by atoms with Crippen molar-refractivity contribution in [3.63, 3.8) is 0 Å². The molecule has 0 unspecified atom stereocenters. The quantitative estimate of drug-likeness (QED) is 0.271. The van der Waals surface area contributed by atoms with Crippen molar-refractivity contribution in [2.24, 2.45) is 33.7 Å². The number of benzene rings is 1. The second kappa shape index (κ2) is 11.9. The molecule has 4 aliphatic carbocycles. The summed E-state index contributed by atoms with van der Waals surface area (Å²) in [4.78, 5) is 20.0. The Hall–Kier alpha value is -2.70. The van der Waals surface area contributed by atoms with Gasteiger partial charge in [-0.2, -0.15) is 0 Å². The van der Waals surface area contributed by atoms with Crippen molar-refractivity contribution in [1.82, 2.24) is 4.90 Å². The first-order chi connectivity index (χ1) is 21.3. The number of oxime groups is 1. The molecule has 1 aliphatic heterocycles. The van der Waals surface area contributed by atoms with Gasteiger partial charge in [0.25, 0.3) is 0 Å². The summed E-state index contributed by atoms with van der Waals surface area (Å²) < 4.78 is 5.25. The van der Waals surface area contributed by atoms with E-state index in [0.717, 1.165) is 88.2 Å². The van der Waals surface area contributed by atoms with Gasteiger partial charge in [0, 0.05) is 18.0 Å². The molecule has 0 spiro atoms. The predicted molar refractivity (Wildman–Crippen MR) is 174 cm³/mol. The van der Waals surface area contributed by atoms with E-state index in [1.54, 1.807) is 6.26 Å². The number of hydrogen-bond donors (Lipinski definition) is 1. The highest BCUT2D eigenvalue weighted by Gasteiger charge is 2.66. The average Bonchev–Trinajstić information content (AvgIpc) is 3.32. The van der Waals surface area contributed by atoms with Crippen LogP contribution in [0.5, 0.6) is 0 Å². The molecule has 0 radical (unpaired) electrons. The lowest BCUT2D eigenvalue weighted by Crippen LogP contribution is -2.60. The fraction of sp³-hybridized carbons (Fsp3) is 0.632. The van der Waals surface area contributed by atoms with E-state index in [-0.39, 0.29) is 22.4 Å². The molecule has 6 nitrogen and oxygen atoms in total. The molecule has 7 rings (SSSR count). The van der Waals surface area contributed by atoms with E-state index in [0.29, 0.717) is 18.4 Å². The first-order valence-corrected chi connectivity index (χ1v) is 17.3. The summed E-state index contributed by atoms with van der Waals surface area (Å²) in [6.45, 7) is 8.65. The van der Waals surface area contributed by atoms with Crippen LogP contribution in [0.15, 0.2) is 74.7 Å². The Bertz CT molecular complexity index is 1420. The number of aliphatic hydroxyl groups is 1. The molecule has 0 bridgehead atoms. The zero-order valence-corrected chi connectivity index (χ0v) is 26.7. The molecule has 5 aliphatic rings. The maximum Gasteiger partial charge on any atom is 0.335 e. The van der Waals surface area contributed by atoms with E-state index in [4.69, 9.17) is 9.25 Å². The van der Waals surface area contributed by atoms with E-state index in [9.17, 15) is 9.90 Å². The Morgan fingerprint density at radius 1 is 0.955 bits per heavy atom. The van der Waals surface area contributed by atoms with Crippen LogP contribution in [-0.4, -0.2) is 47.6 Å². The van der Waals surface area contributed by atoms with Gasteiger partial charge >= 0.3 is 5.63 Å². The molecular weight excluding hydrogens is 548 g/mol. The minimum Gasteiger partial charge on any atom is -0.431 e. The van der Waals surface area contributed by atoms with Crippen LogP contribution >= 0.6 is 0 Å². The summed E-state index contributed by atoms with van der Waals surface area (Å²) in [5, 5.41) is 17.1. The summed E-state index contributed by atoms with van der Waals surface area (Å²) in [5.74, 6) is 1.80. The number of hydrogen-bond acceptors (Lipinski definition) is 6. The monoisotopic (exact) mass is 598 g/mol. The third kappa shape index (κ3) is 5.30. The molecular formula is C38H50N2O4. The Morgan fingerprint density at radius 2 is 1.77 bits per heavy atom. The molecule has 1 aromatic carbocycles. The van der Waals surface area contributed by atoms with Gasteiger partial charge in [0.1, 0.15) is 6.61 Å². The fourth-order valence-corrected chi connectivity index (χ4v) is 10.4. The smallest absolute Gasteiger partial charge is 0.335 e. The summed E-state index contributed by atoms with van der Waals surface area (Å²) >= 11 is 0. The average molecular weight is 599 g/mol. The van der Waals surface area contributed by atoms with E-state index < -0.39 is 5.60 Å². The van der Waals surface area contributed by atoms with Gasteiger partial charge in [-0.3, -0.25) is 4.90 Å². The fourth-order valence-electron chi connectivity index (χ4n) is 10.4. The van der Waals surface area contributed by atoms with E-state index in [1.165, 1.54) is 36.5 Å². The topological polar surface area (TPSA) is 75.3 Å². The Labute approximate surface area is 262 Å². The molecule has 3 saturated carbocycles. The van der Waals surface area contributed by atoms with Crippen LogP contribution in [0.4, 0.5) is 0 Å². The molecule has 236 valence electrons. The summed E-state index contributed by atoms with van der Waals surface area (Å²) in [6, 6.07) is 14.3. The van der Waals surface area contributed by atoms with Crippen LogP contribution in [-0.2, 0) is 11.3 Å². The van der Waals surface area contributed by atoms with Crippen molar-refractivity contribution in [1.29, 1.82) is 0 Å². The minimum absolute atomic E-state index is 0.112. The van der Waals surface area contributed by atoms with E-state index in [2.05, 4.69) is 60.3 Å². The van der Waals surface area contributed by atoms with Gasteiger partial charge in [0.05, 0.1) is 17.6 Å². The number of piperidine rings is 1. The molecule has 44 heavy (non-hydrogen) atoms. The maximum atomic E-state index is 12.5. The summed E-state index contributed by atoms with van der Waals surface area (Å²) in [5.41, 5.74) is 4.05. The highest BCUT2D eigenvalue weighted by Crippen LogP contribution is 2.70. The van der Waals surface area contributed by atoms with Gasteiger partial charge in [-0.1, -0.05) is 54.9 Å². The standard InChI is InChI=1S/C38H50N2O4/c1-36-17-12-31(39-44-23-22-40-20-15-28(16-21-40)24-27-6-4-3-5-7-27)25-30(36)9-10-34-33(36)13-18-37(2)32(14-19-38(34,37)42)29-8-11-35(41)43-26-29/h3-8,11,25-26,28,32-34,42H,9-10,12-24H2,1-2H3/t32-,33+,34-,36+,37-,38+/m1/s1. The van der Waals surface area contributed by atoms with Crippen LogP contribution in [0.1, 0.15) is 95.1 Å². The van der Waals surface area contributed by atoms with Crippen molar-refractivity contribution in [3.8, 4) is 0 Å². The Morgan fingerprint density at radius 3 is 2.55 bits per heavy atom. The van der Waals surface area contributed by atoms with Crippen molar-refractivity contribution < 1.29 is 14.4 Å². The summed E-state index contributed by atoms with van der Waals surface area (Å²) in [7, 11) is 0. The van der Waals surface area contributed by atoms with Crippen molar-refractivity contribution in [3.05, 3.63) is 81.9 Å². The van der Waals surface area contributed by atoms with E-state index >= 15 is 0 Å². The van der Waals surface area contributed by atoms with Gasteiger partial charge in [-0.25, -0.2) is 4.79 Å². The van der Waals surface area contributed by atoms with Crippen molar-refractivity contribution in [2.45, 2.75) is 96.0 Å². The zero-order valence-electron chi connectivity index (χ0n) is 26.7. The van der Waals surface area contributed by atoms with Crippen LogP contribution < -0.4 is 5.63 Å². The summed E-state index contributed by atoms with van der Waals surface area (Å²) in [6.07, 6.45) is 15.7. The van der Waals surface area contributed by atoms with E-state index in [1.807, 2.05) is 6.07 Å². The lowest BCUT2D eigenvalue weighted by molar-refractivity contribution is -0.176. The molecule has 6 heteroatoms. The zero-order chi connectivity index (χ0) is 30.4. The van der Waals surface area contributed by atoms with Gasteiger partial charge < -0.3 is 14.4 Å². The largest absolute Gasteiger partial charge is 0.431 e. The number of likely N-dealkylation sites (tertiary alicyclic amines) is 1.